The Balaban J connectivity index is -0.000000641. The number of Topliss-reactive ketones (excluding diaryl/α,β-unsaturated/α-hetero) is 3. The Labute approximate surface area is 321 Å². The van der Waals surface area contributed by atoms with Crippen LogP contribution in [-0.4, -0.2) is 80.9 Å². The van der Waals surface area contributed by atoms with Crippen molar-refractivity contribution in [1.82, 2.24) is 29.9 Å². The van der Waals surface area contributed by atoms with Crippen molar-refractivity contribution in [1.29, 1.82) is 0 Å². The van der Waals surface area contributed by atoms with Gasteiger partial charge >= 0.3 is 11.9 Å². The van der Waals surface area contributed by atoms with Gasteiger partial charge < -0.3 is 9.47 Å². The zero-order valence-electron chi connectivity index (χ0n) is 33.7. The molecule has 0 aromatic carbocycles. The summed E-state index contributed by atoms with van der Waals surface area (Å²) in [5.41, 5.74) is 1.87. The van der Waals surface area contributed by atoms with Crippen LogP contribution in [0.4, 0.5) is 0 Å². The summed E-state index contributed by atoms with van der Waals surface area (Å²) in [6, 6.07) is 1.73. The number of hydrogen-bond acceptors (Lipinski definition) is 11. The van der Waals surface area contributed by atoms with Crippen LogP contribution in [0.1, 0.15) is 140 Å². The summed E-state index contributed by atoms with van der Waals surface area (Å²) in [6.45, 7) is 28.6. The predicted octanol–water partition coefficient (Wildman–Crippen LogP) is 6.49. The van der Waals surface area contributed by atoms with Crippen molar-refractivity contribution in [3.63, 3.8) is 0 Å². The highest BCUT2D eigenvalue weighted by molar-refractivity contribution is 6.37. The lowest BCUT2D eigenvalue weighted by Gasteiger charge is -2.15. The Morgan fingerprint density at radius 2 is 1.34 bits per heavy atom. The molecule has 3 heterocycles. The number of nitrogens with zero attached hydrogens (tertiary/aromatic N) is 4. The van der Waals surface area contributed by atoms with Gasteiger partial charge in [-0.1, -0.05) is 90.5 Å². The number of esters is 2. The lowest BCUT2D eigenvalue weighted by molar-refractivity contribution is -0.154. The van der Waals surface area contributed by atoms with Crippen molar-refractivity contribution >= 4 is 60.3 Å². The number of aromatic amines is 2. The highest BCUT2D eigenvalue weighted by Gasteiger charge is 2.27. The van der Waals surface area contributed by atoms with Crippen LogP contribution >= 0.6 is 11.6 Å². The summed E-state index contributed by atoms with van der Waals surface area (Å²) in [5.74, 6) is -2.08. The molecule has 0 aliphatic heterocycles. The number of carbonyl (C=O) groups is 5. The highest BCUT2D eigenvalue weighted by atomic mass is 35.5. The van der Waals surface area contributed by atoms with E-state index in [4.69, 9.17) is 16.3 Å². The fourth-order valence-corrected chi connectivity index (χ4v) is 3.54. The second-order valence-electron chi connectivity index (χ2n) is 15.7. The summed E-state index contributed by atoms with van der Waals surface area (Å²) >= 11 is 5.75. The number of ether oxygens (including phenoxy) is 2. The molecule has 0 spiro atoms. The molecule has 3 aromatic heterocycles. The van der Waals surface area contributed by atoms with E-state index in [2.05, 4.69) is 50.8 Å². The Bertz CT molecular complexity index is 1730. The van der Waals surface area contributed by atoms with Gasteiger partial charge in [0.1, 0.15) is 17.1 Å². The van der Waals surface area contributed by atoms with Crippen molar-refractivity contribution in [2.45, 2.75) is 129 Å². The molecular formula is C37H61BClN6O8. The minimum Gasteiger partial charge on any atom is -0.461 e. The molecule has 0 atom stereocenters. The smallest absolute Gasteiger partial charge is 0.375 e. The molecule has 0 saturated heterocycles. The minimum absolute atomic E-state index is 0. The van der Waals surface area contributed by atoms with E-state index in [-0.39, 0.29) is 73.5 Å². The van der Waals surface area contributed by atoms with E-state index in [9.17, 15) is 28.8 Å². The molecule has 0 saturated carbocycles. The van der Waals surface area contributed by atoms with E-state index in [1.165, 1.54) is 4.68 Å². The number of halogens is 1. The maximum atomic E-state index is 11.7. The second kappa shape index (κ2) is 21.5. The van der Waals surface area contributed by atoms with Crippen molar-refractivity contribution in [2.24, 2.45) is 17.9 Å². The van der Waals surface area contributed by atoms with Crippen LogP contribution in [0.3, 0.4) is 0 Å². The maximum Gasteiger partial charge on any atom is 0.375 e. The number of carbonyl (C=O) groups excluding carboxylic acids is 5. The van der Waals surface area contributed by atoms with Crippen molar-refractivity contribution in [3.8, 4) is 0 Å². The molecular weight excluding hydrogens is 703 g/mol. The predicted molar refractivity (Wildman–Crippen MR) is 209 cm³/mol. The molecule has 0 amide bonds. The molecule has 297 valence electrons. The first kappa shape index (κ1) is 53.2. The summed E-state index contributed by atoms with van der Waals surface area (Å²) in [4.78, 5) is 73.4. The number of hydrogen-bond donors (Lipinski definition) is 2. The minimum atomic E-state index is -0.926. The van der Waals surface area contributed by atoms with E-state index in [0.717, 1.165) is 11.4 Å². The molecule has 2 N–H and O–H groups in total. The molecule has 0 fully saturated rings. The van der Waals surface area contributed by atoms with Gasteiger partial charge in [0.25, 0.3) is 5.56 Å². The van der Waals surface area contributed by atoms with Crippen LogP contribution in [0.25, 0.3) is 11.0 Å². The largest absolute Gasteiger partial charge is 0.461 e. The van der Waals surface area contributed by atoms with Gasteiger partial charge in [0, 0.05) is 42.8 Å². The quantitative estimate of drug-likeness (QED) is 0.0915. The van der Waals surface area contributed by atoms with Crippen molar-refractivity contribution in [3.05, 3.63) is 38.8 Å². The average Bonchev–Trinajstić information content (AvgIpc) is 3.59. The van der Waals surface area contributed by atoms with E-state index in [0.29, 0.717) is 23.3 Å². The molecule has 0 aliphatic carbocycles. The Morgan fingerprint density at radius 1 is 0.849 bits per heavy atom. The van der Waals surface area contributed by atoms with Gasteiger partial charge in [-0.3, -0.25) is 33.9 Å². The molecule has 3 rings (SSSR count). The first-order valence-corrected chi connectivity index (χ1v) is 17.0. The van der Waals surface area contributed by atoms with Crippen LogP contribution < -0.4 is 5.56 Å². The molecule has 16 heteroatoms. The number of H-pyrrole nitrogens is 2. The zero-order chi connectivity index (χ0) is 40.3. The van der Waals surface area contributed by atoms with Crippen molar-refractivity contribution in [2.75, 3.05) is 13.2 Å². The van der Waals surface area contributed by atoms with Crippen LogP contribution in [0, 0.1) is 10.8 Å². The number of aryl methyl sites for hydroxylation is 1. The highest BCUT2D eigenvalue weighted by Crippen LogP contribution is 2.26. The van der Waals surface area contributed by atoms with E-state index in [1.807, 2.05) is 41.5 Å². The molecule has 53 heavy (non-hydrogen) atoms. The van der Waals surface area contributed by atoms with Crippen LogP contribution in [-0.2, 0) is 46.5 Å². The molecule has 0 bridgehead atoms. The van der Waals surface area contributed by atoms with Gasteiger partial charge in [-0.25, -0.2) is 14.6 Å². The fourth-order valence-electron chi connectivity index (χ4n) is 3.37. The molecule has 0 aliphatic rings. The Hall–Kier alpha value is -4.14. The summed E-state index contributed by atoms with van der Waals surface area (Å²) in [6.07, 6.45) is -0.373. The molecule has 0 unspecified atom stereocenters. The van der Waals surface area contributed by atoms with Gasteiger partial charge in [0.15, 0.2) is 11.2 Å². The lowest BCUT2D eigenvalue weighted by Crippen LogP contribution is -2.27. The van der Waals surface area contributed by atoms with Crippen molar-refractivity contribution < 1.29 is 33.4 Å². The van der Waals surface area contributed by atoms with E-state index >= 15 is 0 Å². The summed E-state index contributed by atoms with van der Waals surface area (Å²) in [7, 11) is 1.72. The van der Waals surface area contributed by atoms with Gasteiger partial charge in [0.2, 0.25) is 11.1 Å². The molecule has 3 radical (unpaired) electrons. The van der Waals surface area contributed by atoms with Crippen LogP contribution in [0.5, 0.6) is 0 Å². The number of ketones is 3. The average molecular weight is 764 g/mol. The third-order valence-electron chi connectivity index (χ3n) is 6.96. The Kier molecular flexibility index (Phi) is 21.6. The number of aromatic nitrogens is 6. The van der Waals surface area contributed by atoms with Gasteiger partial charge in [-0.2, -0.15) is 10.2 Å². The van der Waals surface area contributed by atoms with Gasteiger partial charge in [0.05, 0.1) is 25.3 Å². The number of fused-ring (bicyclic) bond motifs is 1. The van der Waals surface area contributed by atoms with Crippen LogP contribution in [0.15, 0.2) is 10.9 Å². The zero-order valence-corrected chi connectivity index (χ0v) is 34.5. The van der Waals surface area contributed by atoms with E-state index < -0.39 is 17.2 Å². The van der Waals surface area contributed by atoms with Crippen LogP contribution in [0.2, 0.25) is 5.28 Å². The topological polar surface area (TPSA) is 196 Å². The van der Waals surface area contributed by atoms with E-state index in [1.54, 1.807) is 54.7 Å². The summed E-state index contributed by atoms with van der Waals surface area (Å²) < 4.78 is 10.8. The molecule has 3 aromatic rings. The summed E-state index contributed by atoms with van der Waals surface area (Å²) in [5, 5.41) is 11.2. The number of nitrogens with one attached hydrogen (secondary N) is 2. The Morgan fingerprint density at radius 3 is 1.72 bits per heavy atom. The fraction of sp³-hybridized carbons (Fsp3) is 0.649. The van der Waals surface area contributed by atoms with Gasteiger partial charge in [-0.05, 0) is 38.4 Å². The monoisotopic (exact) mass is 763 g/mol. The first-order valence-electron chi connectivity index (χ1n) is 16.6. The molecule has 14 nitrogen and oxygen atoms in total. The maximum absolute atomic E-state index is 11.7. The van der Waals surface area contributed by atoms with Gasteiger partial charge in [-0.15, -0.1) is 0 Å². The first-order chi connectivity index (χ1) is 23.0. The third-order valence-corrected chi connectivity index (χ3v) is 7.14. The normalized spacial score (nSPS) is 11.1. The second-order valence-corrected chi connectivity index (χ2v) is 16.1. The number of rotatable bonds is 6. The standard InChI is InChI=1S/C10H13ClN4O.C10H16N2O2.C10H16O4.C6H12O.CH4.B/c1-10(2,3)7-5-6(15(4)14-7)8(16)13-9(11)12-5;1-5-14-9(13)7-6-8(12-11-7)10(2,3)4;1-5-14-9(13)7(11)6-8(12)10(2,3)4;1-5(7)6(2,3)4;;/h1-4H3,(H,12,13,16);6H,5H2,1-4H3,(H,11,12);5-6H2,1-4H3;1-4H3;1H4;. The third kappa shape index (κ3) is 18.0. The SMILES string of the molecule is C.CC(=O)C(C)(C)C.CCOC(=O)C(=O)CC(=O)C(C)(C)C.CCOC(=O)c1cc(C(C)(C)C)[nH]n1.Cn1nc(C(C)(C)C)c2nc(Cl)[nH]c(=O)c21.[B]. The lowest BCUT2D eigenvalue weighted by atomic mass is 9.88.